The Morgan fingerprint density at radius 2 is 1.38 bits per heavy atom. The lowest BCUT2D eigenvalue weighted by Gasteiger charge is -2.44. The molecule has 0 aromatic carbocycles. The molecule has 0 spiro atoms. The summed E-state index contributed by atoms with van der Waals surface area (Å²) in [5.41, 5.74) is 0.324. The van der Waals surface area contributed by atoms with Crippen molar-refractivity contribution in [3.63, 3.8) is 0 Å². The maximum Gasteiger partial charge on any atom is 0.0127 e. The average Bonchev–Trinajstić information content (AvgIpc) is 2.17. The normalized spacial score (nSPS) is 27.8. The third-order valence-electron chi connectivity index (χ3n) is 4.04. The zero-order chi connectivity index (χ0) is 12.3. The van der Waals surface area contributed by atoms with Crippen LogP contribution in [-0.2, 0) is 0 Å². The third-order valence-corrected chi connectivity index (χ3v) is 4.04. The van der Waals surface area contributed by atoms with Crippen LogP contribution in [0.25, 0.3) is 0 Å². The molecule has 0 atom stereocenters. The molecule has 1 aliphatic carbocycles. The van der Waals surface area contributed by atoms with Crippen molar-refractivity contribution < 1.29 is 0 Å². The molecule has 0 unspecified atom stereocenters. The fourth-order valence-corrected chi connectivity index (χ4v) is 3.17. The van der Waals surface area contributed by atoms with Gasteiger partial charge in [0.15, 0.2) is 0 Å². The van der Waals surface area contributed by atoms with Crippen molar-refractivity contribution in [3.05, 3.63) is 0 Å². The van der Waals surface area contributed by atoms with Crippen molar-refractivity contribution in [1.29, 1.82) is 0 Å². The standard InChI is InChI=1S/C14H30N2/c1-7-16(14(2,3)4)13-10-8-12(9-11-13)15(5)6/h12-13H,7-11H2,1-6H3. The first-order valence-electron chi connectivity index (χ1n) is 6.79. The Balaban J connectivity index is 2.52. The molecular weight excluding hydrogens is 196 g/mol. The first kappa shape index (κ1) is 14.0. The van der Waals surface area contributed by atoms with E-state index in [2.05, 4.69) is 51.6 Å². The Morgan fingerprint density at radius 1 is 0.938 bits per heavy atom. The molecule has 0 heterocycles. The molecule has 0 bridgehead atoms. The topological polar surface area (TPSA) is 6.48 Å². The van der Waals surface area contributed by atoms with E-state index in [1.165, 1.54) is 32.2 Å². The molecule has 0 aromatic rings. The van der Waals surface area contributed by atoms with Gasteiger partial charge in [-0.15, -0.1) is 0 Å². The highest BCUT2D eigenvalue weighted by atomic mass is 15.2. The van der Waals surface area contributed by atoms with Crippen molar-refractivity contribution in [1.82, 2.24) is 9.80 Å². The number of hydrogen-bond donors (Lipinski definition) is 0. The molecule has 96 valence electrons. The molecule has 2 nitrogen and oxygen atoms in total. The van der Waals surface area contributed by atoms with Gasteiger partial charge in [0.1, 0.15) is 0 Å². The zero-order valence-electron chi connectivity index (χ0n) is 12.1. The second kappa shape index (κ2) is 5.50. The highest BCUT2D eigenvalue weighted by Gasteiger charge is 2.31. The molecule has 1 fully saturated rings. The van der Waals surface area contributed by atoms with Gasteiger partial charge < -0.3 is 4.90 Å². The van der Waals surface area contributed by atoms with Gasteiger partial charge in [-0.3, -0.25) is 4.90 Å². The predicted octanol–water partition coefficient (Wildman–Crippen LogP) is 2.98. The molecule has 0 aromatic heterocycles. The lowest BCUT2D eigenvalue weighted by Crippen LogP contribution is -2.50. The second-order valence-corrected chi connectivity index (χ2v) is 6.38. The maximum atomic E-state index is 2.68. The summed E-state index contributed by atoms with van der Waals surface area (Å²) in [4.78, 5) is 5.07. The molecule has 0 amide bonds. The third kappa shape index (κ3) is 3.46. The van der Waals surface area contributed by atoms with Crippen molar-refractivity contribution in [2.75, 3.05) is 20.6 Å². The fraction of sp³-hybridized carbons (Fsp3) is 1.00. The van der Waals surface area contributed by atoms with E-state index in [4.69, 9.17) is 0 Å². The highest BCUT2D eigenvalue weighted by Crippen LogP contribution is 2.29. The summed E-state index contributed by atoms with van der Waals surface area (Å²) in [5, 5.41) is 0. The largest absolute Gasteiger partial charge is 0.306 e. The lowest BCUT2D eigenvalue weighted by molar-refractivity contribution is 0.0505. The predicted molar refractivity (Wildman–Crippen MR) is 71.9 cm³/mol. The molecule has 0 radical (unpaired) electrons. The Labute approximate surface area is 102 Å². The van der Waals surface area contributed by atoms with E-state index in [-0.39, 0.29) is 0 Å². The van der Waals surface area contributed by atoms with Crippen LogP contribution in [-0.4, -0.2) is 48.1 Å². The van der Waals surface area contributed by atoms with Gasteiger partial charge in [-0.25, -0.2) is 0 Å². The van der Waals surface area contributed by atoms with Gasteiger partial charge in [-0.1, -0.05) is 6.92 Å². The minimum absolute atomic E-state index is 0.324. The van der Waals surface area contributed by atoms with Crippen LogP contribution in [0.4, 0.5) is 0 Å². The van der Waals surface area contributed by atoms with Crippen LogP contribution < -0.4 is 0 Å². The van der Waals surface area contributed by atoms with E-state index >= 15 is 0 Å². The van der Waals surface area contributed by atoms with E-state index in [0.717, 1.165) is 12.1 Å². The summed E-state index contributed by atoms with van der Waals surface area (Å²) >= 11 is 0. The summed E-state index contributed by atoms with van der Waals surface area (Å²) in [6, 6.07) is 1.62. The van der Waals surface area contributed by atoms with Gasteiger partial charge in [-0.05, 0) is 67.1 Å². The van der Waals surface area contributed by atoms with Gasteiger partial charge in [0, 0.05) is 17.6 Å². The van der Waals surface area contributed by atoms with Gasteiger partial charge >= 0.3 is 0 Å². The van der Waals surface area contributed by atoms with Crippen LogP contribution in [0.2, 0.25) is 0 Å². The molecule has 0 N–H and O–H groups in total. The van der Waals surface area contributed by atoms with Gasteiger partial charge in [0.05, 0.1) is 0 Å². The van der Waals surface area contributed by atoms with E-state index in [1.54, 1.807) is 0 Å². The second-order valence-electron chi connectivity index (χ2n) is 6.38. The van der Waals surface area contributed by atoms with Crippen LogP contribution in [0.1, 0.15) is 53.4 Å². The van der Waals surface area contributed by atoms with Crippen molar-refractivity contribution in [3.8, 4) is 0 Å². The van der Waals surface area contributed by atoms with Crippen LogP contribution in [0.5, 0.6) is 0 Å². The smallest absolute Gasteiger partial charge is 0.0127 e. The van der Waals surface area contributed by atoms with Crippen molar-refractivity contribution in [2.24, 2.45) is 0 Å². The minimum Gasteiger partial charge on any atom is -0.306 e. The molecule has 1 rings (SSSR count). The Bertz CT molecular complexity index is 197. The molecular formula is C14H30N2. The Kier molecular flexibility index (Phi) is 4.81. The Hall–Kier alpha value is -0.0800. The van der Waals surface area contributed by atoms with E-state index in [1.807, 2.05) is 0 Å². The fourth-order valence-electron chi connectivity index (χ4n) is 3.17. The van der Waals surface area contributed by atoms with Crippen LogP contribution >= 0.6 is 0 Å². The summed E-state index contributed by atoms with van der Waals surface area (Å²) in [6.45, 7) is 10.5. The molecule has 2 heteroatoms. The SMILES string of the molecule is CCN(C1CCC(N(C)C)CC1)C(C)(C)C. The summed E-state index contributed by atoms with van der Waals surface area (Å²) in [7, 11) is 4.43. The van der Waals surface area contributed by atoms with E-state index < -0.39 is 0 Å². The first-order valence-corrected chi connectivity index (χ1v) is 6.79. The monoisotopic (exact) mass is 226 g/mol. The van der Waals surface area contributed by atoms with Crippen LogP contribution in [0.15, 0.2) is 0 Å². The van der Waals surface area contributed by atoms with Gasteiger partial charge in [-0.2, -0.15) is 0 Å². The van der Waals surface area contributed by atoms with Crippen molar-refractivity contribution >= 4 is 0 Å². The summed E-state index contributed by atoms with van der Waals surface area (Å²) in [6.07, 6.45) is 5.47. The van der Waals surface area contributed by atoms with Crippen LogP contribution in [0, 0.1) is 0 Å². The van der Waals surface area contributed by atoms with E-state index in [9.17, 15) is 0 Å². The first-order chi connectivity index (χ1) is 7.36. The minimum atomic E-state index is 0.324. The summed E-state index contributed by atoms with van der Waals surface area (Å²) in [5.74, 6) is 0. The van der Waals surface area contributed by atoms with E-state index in [0.29, 0.717) is 5.54 Å². The maximum absolute atomic E-state index is 2.68. The zero-order valence-corrected chi connectivity index (χ0v) is 12.1. The number of rotatable bonds is 3. The average molecular weight is 226 g/mol. The molecule has 1 aliphatic rings. The van der Waals surface area contributed by atoms with Crippen LogP contribution in [0.3, 0.4) is 0 Å². The van der Waals surface area contributed by atoms with Gasteiger partial charge in [0.25, 0.3) is 0 Å². The molecule has 16 heavy (non-hydrogen) atoms. The molecule has 0 aliphatic heterocycles. The Morgan fingerprint density at radius 3 is 1.69 bits per heavy atom. The summed E-state index contributed by atoms with van der Waals surface area (Å²) < 4.78 is 0. The quantitative estimate of drug-likeness (QED) is 0.730. The number of hydrogen-bond acceptors (Lipinski definition) is 2. The highest BCUT2D eigenvalue weighted by molar-refractivity contribution is 4.87. The van der Waals surface area contributed by atoms with Gasteiger partial charge in [0.2, 0.25) is 0 Å². The molecule has 1 saturated carbocycles. The van der Waals surface area contributed by atoms with Crippen molar-refractivity contribution in [2.45, 2.75) is 71.0 Å². The number of nitrogens with zero attached hydrogens (tertiary/aromatic N) is 2. The molecule has 0 saturated heterocycles. The lowest BCUT2D eigenvalue weighted by atomic mass is 9.87.